The molecule has 4 aliphatic rings. The molecule has 4 fully saturated rings. The zero-order chi connectivity index (χ0) is 9.76. The van der Waals surface area contributed by atoms with Crippen LogP contribution in [-0.2, 0) is 0 Å². The Morgan fingerprint density at radius 2 is 1.50 bits per heavy atom. The standard InChI is InChI=1S/C8H14N4O2/c13-12(14)8-3-9-1-2-10(4-8)7-11(5-8)6-9/h1-7H2. The second-order valence-corrected chi connectivity index (χ2v) is 4.70. The molecule has 78 valence electrons. The van der Waals surface area contributed by atoms with E-state index in [1.54, 1.807) is 0 Å². The van der Waals surface area contributed by atoms with Crippen molar-refractivity contribution in [3.8, 4) is 0 Å². The van der Waals surface area contributed by atoms with Crippen molar-refractivity contribution >= 4 is 0 Å². The lowest BCUT2D eigenvalue weighted by atomic mass is 9.95. The van der Waals surface area contributed by atoms with Crippen LogP contribution in [0, 0.1) is 10.1 Å². The highest BCUT2D eigenvalue weighted by atomic mass is 16.6. The van der Waals surface area contributed by atoms with Gasteiger partial charge < -0.3 is 0 Å². The highest BCUT2D eigenvalue weighted by Crippen LogP contribution is 2.28. The Labute approximate surface area is 82.2 Å². The Morgan fingerprint density at radius 3 is 2.00 bits per heavy atom. The van der Waals surface area contributed by atoms with Crippen molar-refractivity contribution in [2.75, 3.05) is 46.1 Å². The topological polar surface area (TPSA) is 52.9 Å². The van der Waals surface area contributed by atoms with E-state index in [2.05, 4.69) is 14.7 Å². The molecule has 0 spiro atoms. The van der Waals surface area contributed by atoms with Gasteiger partial charge in [-0.3, -0.25) is 24.8 Å². The van der Waals surface area contributed by atoms with E-state index in [1.807, 2.05) is 0 Å². The summed E-state index contributed by atoms with van der Waals surface area (Å²) in [6, 6.07) is 0. The lowest BCUT2D eigenvalue weighted by Gasteiger charge is -2.45. The molecule has 0 saturated carbocycles. The maximum absolute atomic E-state index is 11.1. The molecule has 0 radical (unpaired) electrons. The first-order valence-corrected chi connectivity index (χ1v) is 5.00. The number of hydrogen-bond acceptors (Lipinski definition) is 5. The SMILES string of the molecule is O=[N+]([O-])C12CN3CCN(CN(C3)C1)C2. The average Bonchev–Trinajstić information content (AvgIpc) is 2.32. The van der Waals surface area contributed by atoms with Crippen LogP contribution in [0.1, 0.15) is 0 Å². The van der Waals surface area contributed by atoms with E-state index in [1.165, 1.54) is 0 Å². The summed E-state index contributed by atoms with van der Waals surface area (Å²) >= 11 is 0. The molecular formula is C8H14N4O2. The third kappa shape index (κ3) is 1.08. The summed E-state index contributed by atoms with van der Waals surface area (Å²) in [7, 11) is 0. The van der Waals surface area contributed by atoms with Gasteiger partial charge in [0.1, 0.15) is 0 Å². The minimum atomic E-state index is -0.715. The maximum Gasteiger partial charge on any atom is 0.259 e. The Kier molecular flexibility index (Phi) is 1.62. The number of fused-ring (bicyclic) bond motifs is 1. The van der Waals surface area contributed by atoms with E-state index in [4.69, 9.17) is 0 Å². The van der Waals surface area contributed by atoms with Gasteiger partial charge >= 0.3 is 0 Å². The summed E-state index contributed by atoms with van der Waals surface area (Å²) < 4.78 is 0. The van der Waals surface area contributed by atoms with Crippen LogP contribution in [0.3, 0.4) is 0 Å². The molecule has 0 aromatic heterocycles. The molecule has 2 unspecified atom stereocenters. The van der Waals surface area contributed by atoms with Gasteiger partial charge in [-0.05, 0) is 0 Å². The van der Waals surface area contributed by atoms with Crippen molar-refractivity contribution in [1.82, 2.24) is 14.7 Å². The summed E-state index contributed by atoms with van der Waals surface area (Å²) in [5, 5.41) is 11.1. The van der Waals surface area contributed by atoms with Crippen molar-refractivity contribution < 1.29 is 4.92 Å². The molecule has 4 bridgehead atoms. The van der Waals surface area contributed by atoms with Crippen molar-refractivity contribution in [3.63, 3.8) is 0 Å². The lowest BCUT2D eigenvalue weighted by Crippen LogP contribution is -2.69. The van der Waals surface area contributed by atoms with E-state index < -0.39 is 5.54 Å². The van der Waals surface area contributed by atoms with E-state index in [9.17, 15) is 10.1 Å². The van der Waals surface area contributed by atoms with Gasteiger partial charge in [-0.15, -0.1) is 0 Å². The normalized spacial score (nSPS) is 50.4. The number of rotatable bonds is 1. The quantitative estimate of drug-likeness (QED) is 0.394. The van der Waals surface area contributed by atoms with Gasteiger partial charge in [0.15, 0.2) is 0 Å². The van der Waals surface area contributed by atoms with Crippen molar-refractivity contribution in [1.29, 1.82) is 0 Å². The minimum Gasteiger partial charge on any atom is -0.282 e. The van der Waals surface area contributed by atoms with Crippen LogP contribution in [-0.4, -0.2) is 71.2 Å². The fraction of sp³-hybridized carbons (Fsp3) is 1.00. The molecule has 4 saturated heterocycles. The van der Waals surface area contributed by atoms with Crippen LogP contribution < -0.4 is 0 Å². The molecule has 0 amide bonds. The van der Waals surface area contributed by atoms with Crippen LogP contribution >= 0.6 is 0 Å². The van der Waals surface area contributed by atoms with E-state index >= 15 is 0 Å². The summed E-state index contributed by atoms with van der Waals surface area (Å²) in [4.78, 5) is 17.7. The Bertz CT molecular complexity index is 267. The first-order chi connectivity index (χ1) is 6.68. The predicted octanol–water partition coefficient (Wildman–Crippen LogP) is -1.14. The molecule has 0 N–H and O–H groups in total. The Hall–Kier alpha value is -0.720. The molecule has 0 aromatic carbocycles. The van der Waals surface area contributed by atoms with Gasteiger partial charge in [-0.1, -0.05) is 0 Å². The zero-order valence-electron chi connectivity index (χ0n) is 8.06. The third-order valence-corrected chi connectivity index (χ3v) is 3.47. The van der Waals surface area contributed by atoms with Crippen LogP contribution in [0.15, 0.2) is 0 Å². The molecule has 4 aliphatic heterocycles. The van der Waals surface area contributed by atoms with Crippen molar-refractivity contribution in [2.24, 2.45) is 0 Å². The number of nitro groups is 1. The second kappa shape index (κ2) is 2.65. The number of nitrogens with zero attached hydrogens (tertiary/aromatic N) is 4. The van der Waals surface area contributed by atoms with Crippen LogP contribution in [0.5, 0.6) is 0 Å². The highest BCUT2D eigenvalue weighted by Gasteiger charge is 2.54. The van der Waals surface area contributed by atoms with Crippen molar-refractivity contribution in [2.45, 2.75) is 5.54 Å². The summed E-state index contributed by atoms with van der Waals surface area (Å²) in [5.41, 5.74) is -0.715. The molecule has 0 aromatic rings. The predicted molar refractivity (Wildman–Crippen MR) is 49.3 cm³/mol. The van der Waals surface area contributed by atoms with E-state index in [0.717, 1.165) is 26.4 Å². The van der Waals surface area contributed by atoms with E-state index in [-0.39, 0.29) is 4.92 Å². The van der Waals surface area contributed by atoms with Gasteiger partial charge in [-0.25, -0.2) is 0 Å². The van der Waals surface area contributed by atoms with Gasteiger partial charge in [0.05, 0.1) is 33.0 Å². The molecule has 2 atom stereocenters. The third-order valence-electron chi connectivity index (χ3n) is 3.47. The molecule has 4 rings (SSSR count). The first kappa shape index (κ1) is 8.58. The van der Waals surface area contributed by atoms with Crippen LogP contribution in [0.2, 0.25) is 0 Å². The molecule has 0 aliphatic carbocycles. The monoisotopic (exact) mass is 198 g/mol. The van der Waals surface area contributed by atoms with E-state index in [0.29, 0.717) is 19.6 Å². The Balaban J connectivity index is 1.97. The van der Waals surface area contributed by atoms with Crippen molar-refractivity contribution in [3.05, 3.63) is 10.1 Å². The van der Waals surface area contributed by atoms with Crippen LogP contribution in [0.25, 0.3) is 0 Å². The lowest BCUT2D eigenvalue weighted by molar-refractivity contribution is -0.579. The second-order valence-electron chi connectivity index (χ2n) is 4.70. The van der Waals surface area contributed by atoms with Gasteiger partial charge in [0.2, 0.25) is 0 Å². The van der Waals surface area contributed by atoms with Gasteiger partial charge in [0.25, 0.3) is 5.54 Å². The molecular weight excluding hydrogens is 184 g/mol. The smallest absolute Gasteiger partial charge is 0.259 e. The average molecular weight is 198 g/mol. The first-order valence-electron chi connectivity index (χ1n) is 5.00. The summed E-state index contributed by atoms with van der Waals surface area (Å²) in [6.07, 6.45) is 0. The van der Waals surface area contributed by atoms with Crippen LogP contribution in [0.4, 0.5) is 0 Å². The minimum absolute atomic E-state index is 0.0658. The molecule has 6 nitrogen and oxygen atoms in total. The fourth-order valence-corrected chi connectivity index (χ4v) is 2.96. The molecule has 4 heterocycles. The van der Waals surface area contributed by atoms with Gasteiger partial charge in [-0.2, -0.15) is 0 Å². The van der Waals surface area contributed by atoms with Gasteiger partial charge in [0, 0.05) is 18.0 Å². The fourth-order valence-electron chi connectivity index (χ4n) is 2.96. The Morgan fingerprint density at radius 1 is 1.00 bits per heavy atom. The molecule has 14 heavy (non-hydrogen) atoms. The molecule has 6 heteroatoms. The summed E-state index contributed by atoms with van der Waals surface area (Å²) in [6.45, 7) is 5.67. The zero-order valence-corrected chi connectivity index (χ0v) is 8.06. The maximum atomic E-state index is 11.1. The highest BCUT2D eigenvalue weighted by molar-refractivity contribution is 4.99. The summed E-state index contributed by atoms with van der Waals surface area (Å²) in [5.74, 6) is 0. The largest absolute Gasteiger partial charge is 0.282 e. The number of hydrogen-bond donors (Lipinski definition) is 0.